The molecule has 7 heteroatoms. The van der Waals surface area contributed by atoms with Crippen LogP contribution < -0.4 is 10.1 Å². The number of ether oxygens (including phenoxy) is 1. The molecule has 2 aromatic carbocycles. The van der Waals surface area contributed by atoms with Crippen LogP contribution in [0.15, 0.2) is 59.9 Å². The molecule has 1 N–H and O–H groups in total. The first-order chi connectivity index (χ1) is 13.2. The van der Waals surface area contributed by atoms with Gasteiger partial charge in [0.15, 0.2) is 5.96 Å². The molecular formula is C21H28IN5O. The molecule has 0 aliphatic carbocycles. The molecule has 0 saturated carbocycles. The summed E-state index contributed by atoms with van der Waals surface area (Å²) in [4.78, 5) is 10.9. The van der Waals surface area contributed by atoms with Gasteiger partial charge in [0.2, 0.25) is 0 Å². The quantitative estimate of drug-likeness (QED) is 0.236. The Balaban J connectivity index is 0.00000280. The highest BCUT2D eigenvalue weighted by atomic mass is 127. The summed E-state index contributed by atoms with van der Waals surface area (Å²) in [6.45, 7) is 2.56. The first-order valence-corrected chi connectivity index (χ1v) is 9.16. The van der Waals surface area contributed by atoms with Crippen LogP contribution in [0.3, 0.4) is 0 Å². The molecule has 1 aromatic heterocycles. The predicted octanol–water partition coefficient (Wildman–Crippen LogP) is 3.76. The molecule has 0 aliphatic rings. The van der Waals surface area contributed by atoms with Gasteiger partial charge in [-0.05, 0) is 36.2 Å². The maximum atomic E-state index is 5.21. The number of aryl methyl sites for hydroxylation is 1. The first kappa shape index (κ1) is 22.0. The standard InChI is InChI=1S/C21H27N5O.HI/c1-22-21(25(2)15-17-9-11-18(27-3)12-10-17)23-13-6-14-26-16-24-19-7-4-5-8-20(19)26;/h4-5,7-12,16H,6,13-15H2,1-3H3,(H,22,23);1H. The van der Waals surface area contributed by atoms with E-state index >= 15 is 0 Å². The van der Waals surface area contributed by atoms with Crippen LogP contribution in [-0.2, 0) is 13.1 Å². The molecule has 0 bridgehead atoms. The van der Waals surface area contributed by atoms with E-state index in [0.29, 0.717) is 0 Å². The van der Waals surface area contributed by atoms with Crippen LogP contribution in [0.25, 0.3) is 11.0 Å². The molecule has 3 rings (SSSR count). The van der Waals surface area contributed by atoms with E-state index in [1.807, 2.05) is 44.7 Å². The van der Waals surface area contributed by atoms with Crippen LogP contribution in [0.5, 0.6) is 5.75 Å². The molecule has 1 heterocycles. The third-order valence-corrected chi connectivity index (χ3v) is 4.54. The number of nitrogens with zero attached hydrogens (tertiary/aromatic N) is 4. The maximum absolute atomic E-state index is 5.21. The number of nitrogens with one attached hydrogen (secondary N) is 1. The summed E-state index contributed by atoms with van der Waals surface area (Å²) >= 11 is 0. The second-order valence-electron chi connectivity index (χ2n) is 6.46. The molecule has 0 spiro atoms. The lowest BCUT2D eigenvalue weighted by Crippen LogP contribution is -2.39. The monoisotopic (exact) mass is 493 g/mol. The van der Waals surface area contributed by atoms with Crippen molar-refractivity contribution in [3.8, 4) is 5.75 Å². The molecule has 0 unspecified atom stereocenters. The summed E-state index contributed by atoms with van der Waals surface area (Å²) in [5.74, 6) is 1.76. The van der Waals surface area contributed by atoms with Gasteiger partial charge < -0.3 is 19.5 Å². The van der Waals surface area contributed by atoms with Crippen molar-refractivity contribution in [2.75, 3.05) is 27.7 Å². The lowest BCUT2D eigenvalue weighted by Gasteiger charge is -2.22. The number of methoxy groups -OCH3 is 1. The fourth-order valence-corrected chi connectivity index (χ4v) is 3.10. The predicted molar refractivity (Wildman–Crippen MR) is 126 cm³/mol. The van der Waals surface area contributed by atoms with E-state index in [-0.39, 0.29) is 24.0 Å². The van der Waals surface area contributed by atoms with Crippen molar-refractivity contribution in [1.29, 1.82) is 0 Å². The molecule has 0 radical (unpaired) electrons. The summed E-state index contributed by atoms with van der Waals surface area (Å²) < 4.78 is 7.40. The minimum absolute atomic E-state index is 0. The number of benzene rings is 2. The normalized spacial score (nSPS) is 11.2. The number of aromatic nitrogens is 2. The van der Waals surface area contributed by atoms with Crippen LogP contribution in [0, 0.1) is 0 Å². The molecule has 0 amide bonds. The molecular weight excluding hydrogens is 465 g/mol. The van der Waals surface area contributed by atoms with Crippen LogP contribution in [-0.4, -0.2) is 48.2 Å². The maximum Gasteiger partial charge on any atom is 0.193 e. The molecule has 0 fully saturated rings. The van der Waals surface area contributed by atoms with E-state index in [4.69, 9.17) is 4.74 Å². The van der Waals surface area contributed by atoms with Crippen LogP contribution in [0.1, 0.15) is 12.0 Å². The minimum Gasteiger partial charge on any atom is -0.497 e. The smallest absolute Gasteiger partial charge is 0.193 e. The molecule has 0 saturated heterocycles. The van der Waals surface area contributed by atoms with Crippen molar-refractivity contribution in [3.05, 3.63) is 60.4 Å². The number of guanidine groups is 1. The van der Waals surface area contributed by atoms with E-state index < -0.39 is 0 Å². The number of hydrogen-bond donors (Lipinski definition) is 1. The van der Waals surface area contributed by atoms with Crippen LogP contribution in [0.2, 0.25) is 0 Å². The van der Waals surface area contributed by atoms with Crippen LogP contribution >= 0.6 is 24.0 Å². The number of hydrogen-bond acceptors (Lipinski definition) is 3. The van der Waals surface area contributed by atoms with Gasteiger partial charge in [-0.2, -0.15) is 0 Å². The second-order valence-corrected chi connectivity index (χ2v) is 6.46. The zero-order valence-corrected chi connectivity index (χ0v) is 19.0. The highest BCUT2D eigenvalue weighted by Crippen LogP contribution is 2.13. The van der Waals surface area contributed by atoms with Crippen molar-refractivity contribution in [2.24, 2.45) is 4.99 Å². The zero-order chi connectivity index (χ0) is 19.1. The lowest BCUT2D eigenvalue weighted by molar-refractivity contribution is 0.414. The molecule has 6 nitrogen and oxygen atoms in total. The topological polar surface area (TPSA) is 54.7 Å². The summed E-state index contributed by atoms with van der Waals surface area (Å²) in [5.41, 5.74) is 3.44. The average molecular weight is 493 g/mol. The Morgan fingerprint density at radius 3 is 2.64 bits per heavy atom. The van der Waals surface area contributed by atoms with Gasteiger partial charge in [0.25, 0.3) is 0 Å². The van der Waals surface area contributed by atoms with Gasteiger partial charge >= 0.3 is 0 Å². The SMILES string of the molecule is CN=C(NCCCn1cnc2ccccc21)N(C)Cc1ccc(OC)cc1.I. The van der Waals surface area contributed by atoms with E-state index in [9.17, 15) is 0 Å². The third kappa shape index (κ3) is 5.60. The van der Waals surface area contributed by atoms with Gasteiger partial charge in [-0.25, -0.2) is 4.98 Å². The second kappa shape index (κ2) is 10.9. The lowest BCUT2D eigenvalue weighted by atomic mass is 10.2. The highest BCUT2D eigenvalue weighted by molar-refractivity contribution is 14.0. The van der Waals surface area contributed by atoms with E-state index in [1.54, 1.807) is 7.11 Å². The van der Waals surface area contributed by atoms with Gasteiger partial charge in [0.1, 0.15) is 5.75 Å². The van der Waals surface area contributed by atoms with Gasteiger partial charge in [0, 0.05) is 33.7 Å². The van der Waals surface area contributed by atoms with Gasteiger partial charge in [-0.1, -0.05) is 24.3 Å². The Morgan fingerprint density at radius 2 is 1.93 bits per heavy atom. The number of imidazole rings is 1. The van der Waals surface area contributed by atoms with Crippen molar-refractivity contribution in [3.63, 3.8) is 0 Å². The first-order valence-electron chi connectivity index (χ1n) is 9.16. The number of halogens is 1. The van der Waals surface area contributed by atoms with Crippen molar-refractivity contribution >= 4 is 41.0 Å². The Kier molecular flexibility index (Phi) is 8.56. The van der Waals surface area contributed by atoms with Gasteiger partial charge in [-0.3, -0.25) is 4.99 Å². The highest BCUT2D eigenvalue weighted by Gasteiger charge is 2.07. The summed E-state index contributed by atoms with van der Waals surface area (Å²) in [7, 11) is 5.54. The average Bonchev–Trinajstić information content (AvgIpc) is 3.12. The number of para-hydroxylation sites is 2. The number of rotatable bonds is 7. The van der Waals surface area contributed by atoms with Gasteiger partial charge in [0.05, 0.1) is 24.5 Å². The van der Waals surface area contributed by atoms with E-state index in [2.05, 4.69) is 49.0 Å². The summed E-state index contributed by atoms with van der Waals surface area (Å²) in [6.07, 6.45) is 2.91. The van der Waals surface area contributed by atoms with Crippen LogP contribution in [0.4, 0.5) is 0 Å². The number of aliphatic imine (C=N–C) groups is 1. The third-order valence-electron chi connectivity index (χ3n) is 4.54. The fraction of sp³-hybridized carbons (Fsp3) is 0.333. The van der Waals surface area contributed by atoms with E-state index in [1.165, 1.54) is 11.1 Å². The minimum atomic E-state index is 0. The molecule has 28 heavy (non-hydrogen) atoms. The molecule has 0 atom stereocenters. The largest absolute Gasteiger partial charge is 0.497 e. The van der Waals surface area contributed by atoms with Crippen molar-refractivity contribution in [2.45, 2.75) is 19.5 Å². The van der Waals surface area contributed by atoms with E-state index in [0.717, 1.165) is 43.3 Å². The molecule has 0 aliphatic heterocycles. The van der Waals surface area contributed by atoms with Crippen molar-refractivity contribution in [1.82, 2.24) is 19.8 Å². The molecule has 3 aromatic rings. The van der Waals surface area contributed by atoms with Gasteiger partial charge in [-0.15, -0.1) is 24.0 Å². The Bertz CT molecular complexity index is 891. The Morgan fingerprint density at radius 1 is 1.18 bits per heavy atom. The Hall–Kier alpha value is -2.29. The Labute approximate surface area is 183 Å². The zero-order valence-electron chi connectivity index (χ0n) is 16.6. The molecule has 150 valence electrons. The summed E-state index contributed by atoms with van der Waals surface area (Å²) in [6, 6.07) is 16.3. The van der Waals surface area contributed by atoms with Crippen molar-refractivity contribution < 1.29 is 4.74 Å². The number of fused-ring (bicyclic) bond motifs is 1. The fourth-order valence-electron chi connectivity index (χ4n) is 3.10. The summed E-state index contributed by atoms with van der Waals surface area (Å²) in [5, 5.41) is 3.44.